The Kier molecular flexibility index (Phi) is 26.0. The molecule has 3 aliphatic heterocycles. The Bertz CT molecular complexity index is 1780. The molecule has 0 radical (unpaired) electrons. The summed E-state index contributed by atoms with van der Waals surface area (Å²) in [7, 11) is 1.26. The van der Waals surface area contributed by atoms with Crippen molar-refractivity contribution >= 4 is 24.3 Å². The van der Waals surface area contributed by atoms with Gasteiger partial charge in [-0.2, -0.15) is 0 Å². The van der Waals surface area contributed by atoms with Gasteiger partial charge in [-0.05, 0) is 208 Å². The zero-order valence-electron chi connectivity index (χ0n) is 55.5. The average molecular weight is 1110 g/mol. The van der Waals surface area contributed by atoms with E-state index in [1.165, 1.54) is 84.4 Å². The number of methoxy groups -OCH3 is 1. The molecule has 0 unspecified atom stereocenters. The third kappa shape index (κ3) is 27.7. The van der Waals surface area contributed by atoms with Crippen LogP contribution in [0.1, 0.15) is 280 Å². The number of rotatable bonds is 22. The smallest absolute Gasteiger partial charge is 0.317 e. The minimum absolute atomic E-state index is 0.0423. The second kappa shape index (κ2) is 29.0. The second-order valence-electron chi connectivity index (χ2n) is 33.1. The molecule has 0 spiro atoms. The number of piperidine rings is 3. The molecule has 5 aliphatic rings. The van der Waals surface area contributed by atoms with Crippen LogP contribution in [-0.4, -0.2) is 131 Å². The number of esters is 2. The summed E-state index contributed by atoms with van der Waals surface area (Å²) in [6, 6.07) is 2.04. The summed E-state index contributed by atoms with van der Waals surface area (Å²) < 4.78 is 9.80. The lowest BCUT2D eigenvalue weighted by atomic mass is 9.63. The maximum Gasteiger partial charge on any atom is 0.317 e. The Morgan fingerprint density at radius 2 is 0.835 bits per heavy atom. The van der Waals surface area contributed by atoms with E-state index in [1.807, 2.05) is 0 Å². The molecule has 13 nitrogen and oxygen atoms in total. The molecule has 2 saturated carbocycles. The van der Waals surface area contributed by atoms with Crippen molar-refractivity contribution in [1.82, 2.24) is 36.4 Å². The van der Waals surface area contributed by atoms with Gasteiger partial charge in [-0.1, -0.05) is 81.1 Å². The molecular weight excluding hydrogens is 987 g/mol. The van der Waals surface area contributed by atoms with E-state index in [0.29, 0.717) is 45.8 Å². The topological polar surface area (TPSA) is 153 Å². The first kappa shape index (κ1) is 70.9. The van der Waals surface area contributed by atoms with Gasteiger partial charge < -0.3 is 45.9 Å². The largest absolute Gasteiger partial charge is 0.469 e. The lowest BCUT2D eigenvalue weighted by Crippen LogP contribution is -2.62. The van der Waals surface area contributed by atoms with Crippen LogP contribution in [-0.2, 0) is 28.7 Å². The van der Waals surface area contributed by atoms with Gasteiger partial charge in [-0.3, -0.25) is 19.2 Å². The summed E-state index contributed by atoms with van der Waals surface area (Å²) in [5.41, 5.74) is 1.97. The van der Waals surface area contributed by atoms with E-state index < -0.39 is 11.9 Å². The van der Waals surface area contributed by atoms with E-state index >= 15 is 0 Å². The Balaban J connectivity index is 0.000000325. The van der Waals surface area contributed by atoms with Crippen molar-refractivity contribution in [3.8, 4) is 0 Å². The standard InChI is InChI=1S/C28H53N3O2.C25H51N3.C13H23NO4/c1-22(33)31(24-18-27(6,7)29-28(8,9)19-24)15-13-11-10-12-14-30(21-32)23-16-25(2,3)20-26(4,5)17-23;1-22(2)15-20(16-23(3,4)19-22)26-13-11-9-10-12-14-27-21-17-24(5,6)28-25(7,8)18-21;1-12(2)7-9(8-13(3,4)14-12)18-11(16)6-10(15)17-5/h21,23-24,29H,10-20H2,1-9H3;20-21,26-28H,9-19H2,1-8H3;9,14H,6-8H2,1-5H3. The molecule has 3 saturated heterocycles. The van der Waals surface area contributed by atoms with E-state index in [0.717, 1.165) is 83.7 Å². The number of nitrogens with zero attached hydrogens (tertiary/aromatic N) is 2. The fourth-order valence-corrected chi connectivity index (χ4v) is 16.8. The summed E-state index contributed by atoms with van der Waals surface area (Å²) >= 11 is 0. The third-order valence-corrected chi connectivity index (χ3v) is 17.4. The van der Waals surface area contributed by atoms with Gasteiger partial charge in [0.05, 0.1) is 7.11 Å². The highest BCUT2D eigenvalue weighted by atomic mass is 16.6. The van der Waals surface area contributed by atoms with Gasteiger partial charge in [-0.25, -0.2) is 0 Å². The van der Waals surface area contributed by atoms with Crippen molar-refractivity contribution in [2.45, 2.75) is 344 Å². The maximum atomic E-state index is 12.5. The zero-order chi connectivity index (χ0) is 60.1. The maximum absolute atomic E-state index is 12.5. The number of carbonyl (C=O) groups excluding carboxylic acids is 4. The predicted molar refractivity (Wildman–Crippen MR) is 329 cm³/mol. The molecule has 5 fully saturated rings. The van der Waals surface area contributed by atoms with Gasteiger partial charge >= 0.3 is 11.9 Å². The molecular formula is C66H127N7O6. The molecule has 2 aliphatic carbocycles. The minimum atomic E-state index is -0.563. The Morgan fingerprint density at radius 1 is 0.468 bits per heavy atom. The van der Waals surface area contributed by atoms with Crippen LogP contribution in [0.25, 0.3) is 0 Å². The van der Waals surface area contributed by atoms with Crippen LogP contribution in [0.3, 0.4) is 0 Å². The average Bonchev–Trinajstić information content (AvgIpc) is 3.20. The summed E-state index contributed by atoms with van der Waals surface area (Å²) in [4.78, 5) is 51.1. The van der Waals surface area contributed by atoms with Gasteiger partial charge in [0.1, 0.15) is 12.5 Å². The van der Waals surface area contributed by atoms with Crippen LogP contribution in [0, 0.1) is 21.7 Å². The Labute approximate surface area is 486 Å². The summed E-state index contributed by atoms with van der Waals surface area (Å²) in [5, 5.41) is 18.7. The quantitative estimate of drug-likeness (QED) is 0.0305. The lowest BCUT2D eigenvalue weighted by Gasteiger charge is -2.49. The fraction of sp³-hybridized carbons (Fsp3) is 0.939. The van der Waals surface area contributed by atoms with Crippen molar-refractivity contribution in [1.29, 1.82) is 0 Å². The van der Waals surface area contributed by atoms with Crippen molar-refractivity contribution in [2.24, 2.45) is 21.7 Å². The molecule has 462 valence electrons. The fourth-order valence-electron chi connectivity index (χ4n) is 16.8. The summed E-state index contributed by atoms with van der Waals surface area (Å²) in [6.45, 7) is 51.6. The van der Waals surface area contributed by atoms with Gasteiger partial charge in [-0.15, -0.1) is 0 Å². The highest BCUT2D eigenvalue weighted by molar-refractivity contribution is 5.91. The van der Waals surface area contributed by atoms with Crippen molar-refractivity contribution in [3.05, 3.63) is 0 Å². The van der Waals surface area contributed by atoms with Crippen LogP contribution < -0.4 is 26.6 Å². The zero-order valence-corrected chi connectivity index (χ0v) is 55.5. The number of unbranched alkanes of at least 4 members (excludes halogenated alkanes) is 6. The Hall–Kier alpha value is -2.32. The Morgan fingerprint density at radius 3 is 1.24 bits per heavy atom. The summed E-state index contributed by atoms with van der Waals surface area (Å²) in [6.07, 6.45) is 23.7. The molecule has 5 rings (SSSR count). The molecule has 2 amide bonds. The van der Waals surface area contributed by atoms with Gasteiger partial charge in [0.2, 0.25) is 12.3 Å². The highest BCUT2D eigenvalue weighted by Crippen LogP contribution is 2.48. The molecule has 0 aromatic carbocycles. The van der Waals surface area contributed by atoms with Gasteiger partial charge in [0.25, 0.3) is 0 Å². The van der Waals surface area contributed by atoms with Gasteiger partial charge in [0.15, 0.2) is 0 Å². The van der Waals surface area contributed by atoms with E-state index in [-0.39, 0.29) is 51.7 Å². The normalized spacial score (nSPS) is 24.8. The van der Waals surface area contributed by atoms with Gasteiger partial charge in [0, 0.05) is 90.3 Å². The van der Waals surface area contributed by atoms with Crippen molar-refractivity contribution in [3.63, 3.8) is 0 Å². The molecule has 13 heteroatoms. The van der Waals surface area contributed by atoms with E-state index in [1.54, 1.807) is 6.92 Å². The predicted octanol–water partition coefficient (Wildman–Crippen LogP) is 12.8. The SMILES string of the molecule is CC(=O)N(CCCCCCN(C=O)C1CC(C)(C)CC(C)(C)C1)C1CC(C)(C)NC(C)(C)C1.CC1(C)CC(NCCCCCCNC2CC(C)(C)NC(C)(C)C2)CC(C)(C)C1.COC(=O)CC(=O)OC1CC(C)(C)NC(C)(C)C1. The van der Waals surface area contributed by atoms with Crippen molar-refractivity contribution < 1.29 is 28.7 Å². The number of ether oxygens (including phenoxy) is 2. The highest BCUT2D eigenvalue weighted by Gasteiger charge is 2.44. The molecule has 0 bridgehead atoms. The number of hydrogen-bond acceptors (Lipinski definition) is 11. The lowest BCUT2D eigenvalue weighted by molar-refractivity contribution is -0.159. The number of nitrogens with one attached hydrogen (secondary N) is 5. The first-order chi connectivity index (χ1) is 36.0. The molecule has 3 heterocycles. The number of carbonyl (C=O) groups is 4. The summed E-state index contributed by atoms with van der Waals surface area (Å²) in [5.74, 6) is -0.879. The van der Waals surface area contributed by atoms with Crippen LogP contribution in [0.15, 0.2) is 0 Å². The van der Waals surface area contributed by atoms with Crippen LogP contribution in [0.4, 0.5) is 0 Å². The molecule has 79 heavy (non-hydrogen) atoms. The monoisotopic (exact) mass is 1110 g/mol. The van der Waals surface area contributed by atoms with Crippen LogP contribution >= 0.6 is 0 Å². The first-order valence-electron chi connectivity index (χ1n) is 31.6. The minimum Gasteiger partial charge on any atom is -0.469 e. The van der Waals surface area contributed by atoms with Crippen molar-refractivity contribution in [2.75, 3.05) is 33.3 Å². The third-order valence-electron chi connectivity index (χ3n) is 17.4. The molecule has 0 aromatic heterocycles. The first-order valence-corrected chi connectivity index (χ1v) is 31.6. The van der Waals surface area contributed by atoms with E-state index in [4.69, 9.17) is 4.74 Å². The molecule has 5 N–H and O–H groups in total. The van der Waals surface area contributed by atoms with E-state index in [2.05, 4.69) is 180 Å². The number of hydrogen-bond donors (Lipinski definition) is 5. The molecule has 0 aromatic rings. The molecule has 0 atom stereocenters. The van der Waals surface area contributed by atoms with E-state index in [9.17, 15) is 19.2 Å². The van der Waals surface area contributed by atoms with Crippen LogP contribution in [0.5, 0.6) is 0 Å². The van der Waals surface area contributed by atoms with Crippen LogP contribution in [0.2, 0.25) is 0 Å². The second-order valence-corrected chi connectivity index (χ2v) is 33.1. The number of amides is 2.